The van der Waals surface area contributed by atoms with Crippen molar-refractivity contribution in [3.8, 4) is 0 Å². The van der Waals surface area contributed by atoms with Gasteiger partial charge in [0.25, 0.3) is 5.91 Å². The molecule has 1 unspecified atom stereocenters. The molecule has 3 amide bonds. The highest BCUT2D eigenvalue weighted by Crippen LogP contribution is 2.26. The highest BCUT2D eigenvalue weighted by atomic mass is 16.6. The van der Waals surface area contributed by atoms with Gasteiger partial charge in [-0.3, -0.25) is 14.4 Å². The molecule has 41 heavy (non-hydrogen) atoms. The number of ether oxygens (including phenoxy) is 3. The second-order valence-corrected chi connectivity index (χ2v) is 9.77. The maximum absolute atomic E-state index is 12.9. The molecule has 1 fully saturated rings. The fourth-order valence-corrected chi connectivity index (χ4v) is 4.16. The van der Waals surface area contributed by atoms with Crippen molar-refractivity contribution in [2.24, 2.45) is 5.92 Å². The summed E-state index contributed by atoms with van der Waals surface area (Å²) < 4.78 is 15.6. The molecule has 1 aliphatic rings. The summed E-state index contributed by atoms with van der Waals surface area (Å²) in [6, 6.07) is 16.2. The maximum Gasteiger partial charge on any atom is 0.408 e. The Kier molecular flexibility index (Phi) is 12.1. The van der Waals surface area contributed by atoms with Gasteiger partial charge < -0.3 is 30.2 Å². The van der Waals surface area contributed by atoms with Crippen molar-refractivity contribution < 1.29 is 38.2 Å². The first-order valence-corrected chi connectivity index (χ1v) is 13.7. The minimum atomic E-state index is -1.03. The lowest BCUT2D eigenvalue weighted by atomic mass is 9.91. The van der Waals surface area contributed by atoms with E-state index in [0.717, 1.165) is 17.5 Å². The molecule has 0 bridgehead atoms. The Balaban J connectivity index is 1.50. The maximum atomic E-state index is 12.9. The highest BCUT2D eigenvalue weighted by molar-refractivity contribution is 5.94. The molecule has 3 rings (SSSR count). The third kappa shape index (κ3) is 9.93. The molecule has 11 heteroatoms. The van der Waals surface area contributed by atoms with Gasteiger partial charge in [0.2, 0.25) is 5.91 Å². The van der Waals surface area contributed by atoms with Crippen molar-refractivity contribution in [2.75, 3.05) is 6.54 Å². The second kappa shape index (κ2) is 16.0. The summed E-state index contributed by atoms with van der Waals surface area (Å²) in [4.78, 5) is 61.9. The van der Waals surface area contributed by atoms with E-state index in [4.69, 9.17) is 14.2 Å². The van der Waals surface area contributed by atoms with Crippen LogP contribution in [0, 0.1) is 5.92 Å². The van der Waals surface area contributed by atoms with E-state index in [9.17, 15) is 24.0 Å². The molecule has 11 nitrogen and oxygen atoms in total. The van der Waals surface area contributed by atoms with Crippen molar-refractivity contribution in [3.63, 3.8) is 0 Å². The number of nitrogens with one attached hydrogen (secondary N) is 3. The second-order valence-electron chi connectivity index (χ2n) is 9.77. The van der Waals surface area contributed by atoms with E-state index in [1.165, 1.54) is 6.92 Å². The van der Waals surface area contributed by atoms with Crippen LogP contribution in [0.15, 0.2) is 60.7 Å². The summed E-state index contributed by atoms with van der Waals surface area (Å²) in [5.74, 6) is -2.45. The number of hydrogen-bond donors (Lipinski definition) is 3. The van der Waals surface area contributed by atoms with Crippen molar-refractivity contribution in [3.05, 3.63) is 71.8 Å². The van der Waals surface area contributed by atoms with Crippen LogP contribution in [0.5, 0.6) is 0 Å². The van der Waals surface area contributed by atoms with Gasteiger partial charge in [0, 0.05) is 6.54 Å². The monoisotopic (exact) mass is 567 g/mol. The van der Waals surface area contributed by atoms with Crippen molar-refractivity contribution >= 4 is 29.8 Å². The Labute approximate surface area is 239 Å². The van der Waals surface area contributed by atoms with Gasteiger partial charge in [0.05, 0.1) is 0 Å². The van der Waals surface area contributed by atoms with Gasteiger partial charge in [-0.15, -0.1) is 0 Å². The standard InChI is InChI=1S/C30H37N3O8/c1-3-11-23-25(41-28(23)36)27(35)31-17-10-16-24(29(37)39-18-21-12-6-4-7-13-21)33-26(34)20(2)32-30(38)40-19-22-14-8-5-9-15-22/h4-9,12-15,20,23-25H,3,10-11,16-19H2,1-2H3,(H,31,35)(H,32,38)(H,33,34)/t20-,23?,24-,25-/m0/s1. The number of rotatable bonds is 15. The summed E-state index contributed by atoms with van der Waals surface area (Å²) in [6.45, 7) is 3.66. The van der Waals surface area contributed by atoms with Crippen LogP contribution in [0.2, 0.25) is 0 Å². The van der Waals surface area contributed by atoms with Gasteiger partial charge >= 0.3 is 18.0 Å². The molecule has 1 saturated heterocycles. The minimum Gasteiger partial charge on any atom is -0.459 e. The van der Waals surface area contributed by atoms with Crippen molar-refractivity contribution in [1.82, 2.24) is 16.0 Å². The minimum absolute atomic E-state index is 0.0221. The summed E-state index contributed by atoms with van der Waals surface area (Å²) >= 11 is 0. The number of alkyl carbamates (subject to hydrolysis) is 1. The lowest BCUT2D eigenvalue weighted by molar-refractivity contribution is -0.189. The lowest BCUT2D eigenvalue weighted by Crippen LogP contribution is -2.54. The number of carbonyl (C=O) groups excluding carboxylic acids is 5. The molecular formula is C30H37N3O8. The molecule has 0 saturated carbocycles. The van der Waals surface area contributed by atoms with E-state index in [0.29, 0.717) is 12.8 Å². The number of benzene rings is 2. The number of esters is 2. The zero-order valence-electron chi connectivity index (χ0n) is 23.3. The normalized spacial score (nSPS) is 17.2. The molecule has 0 radical (unpaired) electrons. The lowest BCUT2D eigenvalue weighted by Gasteiger charge is -2.33. The van der Waals surface area contributed by atoms with E-state index >= 15 is 0 Å². The Bertz CT molecular complexity index is 1170. The Morgan fingerprint density at radius 3 is 2.10 bits per heavy atom. The summed E-state index contributed by atoms with van der Waals surface area (Å²) in [6.07, 6.45) is 0.242. The molecule has 0 spiro atoms. The van der Waals surface area contributed by atoms with Gasteiger partial charge in [-0.2, -0.15) is 0 Å². The van der Waals surface area contributed by atoms with Crippen LogP contribution in [0.3, 0.4) is 0 Å². The van der Waals surface area contributed by atoms with Crippen LogP contribution in [-0.4, -0.2) is 54.6 Å². The molecule has 220 valence electrons. The quantitative estimate of drug-likeness (QED) is 0.169. The molecular weight excluding hydrogens is 530 g/mol. The topological polar surface area (TPSA) is 149 Å². The molecule has 1 heterocycles. The van der Waals surface area contributed by atoms with E-state index in [-0.39, 0.29) is 38.1 Å². The van der Waals surface area contributed by atoms with Gasteiger partial charge in [-0.05, 0) is 37.3 Å². The van der Waals surface area contributed by atoms with Crippen LogP contribution >= 0.6 is 0 Å². The molecule has 0 aliphatic carbocycles. The predicted octanol–water partition coefficient (Wildman–Crippen LogP) is 2.77. The molecule has 4 atom stereocenters. The third-order valence-corrected chi connectivity index (χ3v) is 6.50. The van der Waals surface area contributed by atoms with Gasteiger partial charge in [-0.25, -0.2) is 9.59 Å². The zero-order chi connectivity index (χ0) is 29.6. The van der Waals surface area contributed by atoms with E-state index < -0.39 is 42.1 Å². The predicted molar refractivity (Wildman–Crippen MR) is 148 cm³/mol. The molecule has 2 aromatic carbocycles. The van der Waals surface area contributed by atoms with Gasteiger partial charge in [0.1, 0.15) is 31.2 Å². The van der Waals surface area contributed by atoms with E-state index in [2.05, 4.69) is 16.0 Å². The molecule has 3 N–H and O–H groups in total. The summed E-state index contributed by atoms with van der Waals surface area (Å²) in [5.41, 5.74) is 1.58. The number of hydrogen-bond acceptors (Lipinski definition) is 8. The van der Waals surface area contributed by atoms with E-state index in [1.807, 2.05) is 55.5 Å². The fraction of sp³-hybridized carbons (Fsp3) is 0.433. The van der Waals surface area contributed by atoms with Crippen molar-refractivity contribution in [2.45, 2.75) is 70.9 Å². The number of cyclic esters (lactones) is 1. The fourth-order valence-electron chi connectivity index (χ4n) is 4.16. The highest BCUT2D eigenvalue weighted by Gasteiger charge is 2.46. The SMILES string of the molecule is CCCC1C(=O)O[C@@H]1C(=O)NCCC[C@H](NC(=O)[C@H](C)NC(=O)OCc1ccccc1)C(=O)OCc1ccccc1. The smallest absolute Gasteiger partial charge is 0.408 e. The van der Waals surface area contributed by atoms with Crippen molar-refractivity contribution in [1.29, 1.82) is 0 Å². The van der Waals surface area contributed by atoms with Crippen LogP contribution in [0.25, 0.3) is 0 Å². The van der Waals surface area contributed by atoms with Gasteiger partial charge in [-0.1, -0.05) is 74.0 Å². The van der Waals surface area contributed by atoms with Crippen LogP contribution < -0.4 is 16.0 Å². The average Bonchev–Trinajstić information content (AvgIpc) is 2.98. The molecule has 0 aromatic heterocycles. The Morgan fingerprint density at radius 2 is 1.51 bits per heavy atom. The molecule has 2 aromatic rings. The number of carbonyl (C=O) groups is 5. The number of amides is 3. The Morgan fingerprint density at radius 1 is 0.902 bits per heavy atom. The first-order valence-electron chi connectivity index (χ1n) is 13.7. The van der Waals surface area contributed by atoms with Crippen LogP contribution in [0.1, 0.15) is 50.7 Å². The third-order valence-electron chi connectivity index (χ3n) is 6.50. The zero-order valence-corrected chi connectivity index (χ0v) is 23.3. The summed E-state index contributed by atoms with van der Waals surface area (Å²) in [5, 5.41) is 7.80. The summed E-state index contributed by atoms with van der Waals surface area (Å²) in [7, 11) is 0. The van der Waals surface area contributed by atoms with Crippen LogP contribution in [0.4, 0.5) is 4.79 Å². The average molecular weight is 568 g/mol. The Hall–Kier alpha value is -4.41. The molecule has 1 aliphatic heterocycles. The first-order chi connectivity index (χ1) is 19.8. The first kappa shape index (κ1) is 31.1. The van der Waals surface area contributed by atoms with Crippen LogP contribution in [-0.2, 0) is 46.6 Å². The largest absolute Gasteiger partial charge is 0.459 e. The van der Waals surface area contributed by atoms with Gasteiger partial charge in [0.15, 0.2) is 6.10 Å². The van der Waals surface area contributed by atoms with E-state index in [1.54, 1.807) is 12.1 Å².